The fraction of sp³-hybridized carbons (Fsp3) is 0.421. The summed E-state index contributed by atoms with van der Waals surface area (Å²) in [6, 6.07) is 8.02. The van der Waals surface area contributed by atoms with Gasteiger partial charge in [-0.1, -0.05) is 18.2 Å². The van der Waals surface area contributed by atoms with Gasteiger partial charge in [0.05, 0.1) is 12.5 Å². The molecule has 2 aromatic rings. The fourth-order valence-corrected chi connectivity index (χ4v) is 3.60. The van der Waals surface area contributed by atoms with E-state index in [1.165, 1.54) is 5.56 Å². The van der Waals surface area contributed by atoms with Crippen molar-refractivity contribution in [1.29, 1.82) is 0 Å². The first-order valence-corrected chi connectivity index (χ1v) is 9.29. The van der Waals surface area contributed by atoms with Crippen LogP contribution in [0.1, 0.15) is 37.1 Å². The van der Waals surface area contributed by atoms with Crippen molar-refractivity contribution in [2.45, 2.75) is 37.8 Å². The average molecular weight is 366 g/mol. The lowest BCUT2D eigenvalue weighted by Gasteiger charge is -2.37. The van der Waals surface area contributed by atoms with Crippen LogP contribution in [-0.2, 0) is 6.42 Å². The molecule has 0 radical (unpaired) electrons. The molecule has 3 heterocycles. The van der Waals surface area contributed by atoms with E-state index in [0.29, 0.717) is 5.82 Å². The zero-order valence-corrected chi connectivity index (χ0v) is 15.5. The second-order valence-electron chi connectivity index (χ2n) is 7.55. The highest BCUT2D eigenvalue weighted by Crippen LogP contribution is 2.31. The highest BCUT2D eigenvalue weighted by molar-refractivity contribution is 5.78. The number of hydrogen-bond acceptors (Lipinski definition) is 8. The van der Waals surface area contributed by atoms with E-state index < -0.39 is 0 Å². The number of aromatic nitrogens is 2. The predicted octanol–water partition coefficient (Wildman–Crippen LogP) is 1.82. The number of nitrogen functional groups attached to an aromatic ring is 1. The Morgan fingerprint density at radius 3 is 2.81 bits per heavy atom. The summed E-state index contributed by atoms with van der Waals surface area (Å²) in [6.07, 6.45) is 6.13. The van der Waals surface area contributed by atoms with Gasteiger partial charge in [0.25, 0.3) is 0 Å². The summed E-state index contributed by atoms with van der Waals surface area (Å²) in [6.45, 7) is 3.83. The number of nitrogens with one attached hydrogen (secondary N) is 2. The molecule has 0 amide bonds. The molecule has 8 heteroatoms. The van der Waals surface area contributed by atoms with E-state index in [4.69, 9.17) is 16.6 Å². The molecule has 27 heavy (non-hydrogen) atoms. The van der Waals surface area contributed by atoms with Crippen LogP contribution in [0.5, 0.6) is 0 Å². The molecule has 0 aliphatic carbocycles. The molecule has 142 valence electrons. The topological polar surface area (TPSA) is 117 Å². The molecule has 1 unspecified atom stereocenters. The molecule has 0 bridgehead atoms. The Hall–Kier alpha value is -2.71. The first kappa shape index (κ1) is 17.7. The molecule has 8 nitrogen and oxygen atoms in total. The van der Waals surface area contributed by atoms with Crippen LogP contribution in [0.3, 0.4) is 0 Å². The average Bonchev–Trinajstić information content (AvgIpc) is 2.90. The number of aliphatic imine (C=N–C) groups is 1. The molecule has 2 aliphatic heterocycles. The molecular formula is C19H26N8. The van der Waals surface area contributed by atoms with E-state index in [1.807, 2.05) is 24.4 Å². The summed E-state index contributed by atoms with van der Waals surface area (Å²) in [5.74, 6) is 7.16. The van der Waals surface area contributed by atoms with Gasteiger partial charge >= 0.3 is 0 Å². The zero-order chi connectivity index (χ0) is 18.9. The Labute approximate surface area is 159 Å². The monoisotopic (exact) mass is 366 g/mol. The molecule has 0 saturated carbocycles. The molecule has 1 aromatic heterocycles. The Balaban J connectivity index is 1.59. The Bertz CT molecular complexity index is 837. The molecular weight excluding hydrogens is 340 g/mol. The van der Waals surface area contributed by atoms with Gasteiger partial charge in [-0.2, -0.15) is 0 Å². The van der Waals surface area contributed by atoms with Crippen molar-refractivity contribution < 1.29 is 0 Å². The number of nitrogens with zero attached hydrogens (tertiary/aromatic N) is 4. The zero-order valence-electron chi connectivity index (χ0n) is 15.5. The van der Waals surface area contributed by atoms with Crippen molar-refractivity contribution in [3.8, 4) is 0 Å². The van der Waals surface area contributed by atoms with E-state index in [-0.39, 0.29) is 11.6 Å². The molecule has 4 rings (SSSR count). The Kier molecular flexibility index (Phi) is 4.67. The standard InChI is InChI=1S/C19H26N8/c1-19(20)6-8-27(9-7-19)16-11-22-17(18(25-16)26-21)15-10-13-4-2-3-5-14(13)23-12-24-15/h2-5,11-12,15H,6-10,20-21H2,1H3,(H,23,24)(H,25,26). The van der Waals surface area contributed by atoms with Crippen LogP contribution in [0.25, 0.3) is 0 Å². The molecule has 1 saturated heterocycles. The smallest absolute Gasteiger partial charge is 0.166 e. The summed E-state index contributed by atoms with van der Waals surface area (Å²) in [5.41, 5.74) is 11.8. The number of piperidine rings is 1. The fourth-order valence-electron chi connectivity index (χ4n) is 3.60. The maximum absolute atomic E-state index is 6.23. The first-order chi connectivity index (χ1) is 13.1. The maximum atomic E-state index is 6.23. The van der Waals surface area contributed by atoms with E-state index in [1.54, 1.807) is 6.34 Å². The highest BCUT2D eigenvalue weighted by Gasteiger charge is 2.28. The van der Waals surface area contributed by atoms with Gasteiger partial charge in [-0.05, 0) is 31.4 Å². The molecule has 2 aliphatic rings. The van der Waals surface area contributed by atoms with E-state index in [9.17, 15) is 0 Å². The van der Waals surface area contributed by atoms with Crippen LogP contribution >= 0.6 is 0 Å². The molecule has 1 atom stereocenters. The van der Waals surface area contributed by atoms with Crippen LogP contribution < -0.4 is 27.2 Å². The third kappa shape index (κ3) is 3.72. The third-order valence-corrected chi connectivity index (χ3v) is 5.38. The summed E-state index contributed by atoms with van der Waals surface area (Å²) in [5, 5.41) is 3.22. The second-order valence-corrected chi connectivity index (χ2v) is 7.55. The summed E-state index contributed by atoms with van der Waals surface area (Å²) < 4.78 is 0. The minimum atomic E-state index is -0.151. The Morgan fingerprint density at radius 2 is 2.04 bits per heavy atom. The van der Waals surface area contributed by atoms with E-state index in [2.05, 4.69) is 38.6 Å². The van der Waals surface area contributed by atoms with Gasteiger partial charge < -0.3 is 21.4 Å². The van der Waals surface area contributed by atoms with Gasteiger partial charge in [-0.25, -0.2) is 10.8 Å². The predicted molar refractivity (Wildman–Crippen MR) is 109 cm³/mol. The van der Waals surface area contributed by atoms with Crippen molar-refractivity contribution in [2.24, 2.45) is 16.6 Å². The summed E-state index contributed by atoms with van der Waals surface area (Å²) in [4.78, 5) is 16.2. The Morgan fingerprint density at radius 1 is 1.26 bits per heavy atom. The molecule has 6 N–H and O–H groups in total. The van der Waals surface area contributed by atoms with Gasteiger partial charge in [0.2, 0.25) is 0 Å². The maximum Gasteiger partial charge on any atom is 0.166 e. The SMILES string of the molecule is CC1(N)CCN(c2cnc(C3Cc4ccccc4NC=N3)c(NN)n2)CC1. The number of rotatable bonds is 3. The number of anilines is 3. The second kappa shape index (κ2) is 7.13. The van der Waals surface area contributed by atoms with E-state index in [0.717, 1.165) is 49.6 Å². The van der Waals surface area contributed by atoms with Crippen LogP contribution in [-0.4, -0.2) is 34.9 Å². The molecule has 1 fully saturated rings. The van der Waals surface area contributed by atoms with Crippen LogP contribution in [0.2, 0.25) is 0 Å². The lowest BCUT2D eigenvalue weighted by atomic mass is 9.91. The van der Waals surface area contributed by atoms with Gasteiger partial charge in [-0.15, -0.1) is 0 Å². The van der Waals surface area contributed by atoms with Gasteiger partial charge in [0, 0.05) is 30.7 Å². The van der Waals surface area contributed by atoms with Crippen LogP contribution in [0.4, 0.5) is 17.3 Å². The van der Waals surface area contributed by atoms with Crippen molar-refractivity contribution in [3.63, 3.8) is 0 Å². The van der Waals surface area contributed by atoms with Crippen molar-refractivity contribution in [3.05, 3.63) is 41.7 Å². The summed E-state index contributed by atoms with van der Waals surface area (Å²) in [7, 11) is 0. The van der Waals surface area contributed by atoms with Crippen LogP contribution in [0.15, 0.2) is 35.5 Å². The summed E-state index contributed by atoms with van der Waals surface area (Å²) >= 11 is 0. The minimum absolute atomic E-state index is 0.103. The van der Waals surface area contributed by atoms with Crippen molar-refractivity contribution in [1.82, 2.24) is 9.97 Å². The lowest BCUT2D eigenvalue weighted by molar-refractivity contribution is 0.363. The highest BCUT2D eigenvalue weighted by atomic mass is 15.3. The number of benzene rings is 1. The number of nitrogens with two attached hydrogens (primary N) is 2. The van der Waals surface area contributed by atoms with Gasteiger partial charge in [0.1, 0.15) is 17.6 Å². The van der Waals surface area contributed by atoms with E-state index >= 15 is 0 Å². The first-order valence-electron chi connectivity index (χ1n) is 9.29. The van der Waals surface area contributed by atoms with Crippen LogP contribution in [0, 0.1) is 0 Å². The van der Waals surface area contributed by atoms with Crippen molar-refractivity contribution >= 4 is 23.7 Å². The number of fused-ring (bicyclic) bond motifs is 1. The number of hydrogen-bond donors (Lipinski definition) is 4. The third-order valence-electron chi connectivity index (χ3n) is 5.38. The molecule has 0 spiro atoms. The lowest BCUT2D eigenvalue weighted by Crippen LogP contribution is -2.48. The van der Waals surface area contributed by atoms with Crippen molar-refractivity contribution in [2.75, 3.05) is 28.7 Å². The number of hydrazine groups is 1. The quantitative estimate of drug-likeness (QED) is 0.483. The largest absolute Gasteiger partial charge is 0.355 e. The van der Waals surface area contributed by atoms with Gasteiger partial charge in [-0.3, -0.25) is 9.98 Å². The number of para-hydroxylation sites is 1. The van der Waals surface area contributed by atoms with Gasteiger partial charge in [0.15, 0.2) is 5.82 Å². The molecule has 1 aromatic carbocycles. The minimum Gasteiger partial charge on any atom is -0.355 e. The normalized spacial score (nSPS) is 21.1.